The Balaban J connectivity index is 2.00. The Bertz CT molecular complexity index is 619. The van der Waals surface area contributed by atoms with Crippen molar-refractivity contribution in [3.05, 3.63) is 58.7 Å². The highest BCUT2D eigenvalue weighted by Gasteiger charge is 2.15. The summed E-state index contributed by atoms with van der Waals surface area (Å²) in [5, 5.41) is 19.0. The zero-order chi connectivity index (χ0) is 17.7. The van der Waals surface area contributed by atoms with Gasteiger partial charge in [0.2, 0.25) is 0 Å². The van der Waals surface area contributed by atoms with Gasteiger partial charge in [-0.25, -0.2) is 0 Å². The second-order valence-electron chi connectivity index (χ2n) is 6.79. The molecule has 24 heavy (non-hydrogen) atoms. The van der Waals surface area contributed by atoms with E-state index in [0.717, 1.165) is 24.2 Å². The number of aliphatic hydroxyl groups is 1. The molecular formula is C21H28O3. The lowest BCUT2D eigenvalue weighted by Crippen LogP contribution is -2.14. The van der Waals surface area contributed by atoms with Crippen LogP contribution >= 0.6 is 0 Å². The van der Waals surface area contributed by atoms with Crippen molar-refractivity contribution in [3.63, 3.8) is 0 Å². The summed E-state index contributed by atoms with van der Waals surface area (Å²) in [5.41, 5.74) is 4.17. The lowest BCUT2D eigenvalue weighted by molar-refractivity contribution is 0.275. The van der Waals surface area contributed by atoms with E-state index < -0.39 is 0 Å². The number of rotatable bonds is 7. The number of ether oxygens (including phenoxy) is 1. The topological polar surface area (TPSA) is 49.7 Å². The van der Waals surface area contributed by atoms with Crippen molar-refractivity contribution in [3.8, 4) is 11.5 Å². The van der Waals surface area contributed by atoms with Crippen LogP contribution < -0.4 is 4.74 Å². The molecule has 0 amide bonds. The first-order chi connectivity index (χ1) is 11.4. The summed E-state index contributed by atoms with van der Waals surface area (Å²) in [7, 11) is 1.70. The Kier molecular flexibility index (Phi) is 6.27. The molecule has 2 unspecified atom stereocenters. The molecule has 0 saturated carbocycles. The normalized spacial score (nSPS) is 13.5. The lowest BCUT2D eigenvalue weighted by atomic mass is 9.85. The SMILES string of the molecule is COc1ccc(CC(C)C(C)Cc2ccc(CO)c(O)c2)cc1C. The molecule has 2 N–H and O–H groups in total. The Labute approximate surface area is 144 Å². The smallest absolute Gasteiger partial charge is 0.121 e. The van der Waals surface area contributed by atoms with Gasteiger partial charge in [-0.05, 0) is 60.4 Å². The van der Waals surface area contributed by atoms with Crippen LogP contribution in [0.1, 0.15) is 36.1 Å². The quantitative estimate of drug-likeness (QED) is 0.798. The molecule has 0 radical (unpaired) electrons. The molecule has 0 aliphatic rings. The van der Waals surface area contributed by atoms with E-state index in [0.29, 0.717) is 17.4 Å². The van der Waals surface area contributed by atoms with Crippen LogP contribution in [0.2, 0.25) is 0 Å². The Morgan fingerprint density at radius 2 is 1.54 bits per heavy atom. The molecule has 2 aromatic carbocycles. The highest BCUT2D eigenvalue weighted by atomic mass is 16.5. The zero-order valence-electron chi connectivity index (χ0n) is 15.0. The number of aliphatic hydroxyl groups excluding tert-OH is 1. The highest BCUT2D eigenvalue weighted by Crippen LogP contribution is 2.26. The average Bonchev–Trinajstić information content (AvgIpc) is 2.55. The van der Waals surface area contributed by atoms with Gasteiger partial charge in [0.05, 0.1) is 13.7 Å². The maximum Gasteiger partial charge on any atom is 0.121 e. The second kappa shape index (κ2) is 8.20. The molecule has 2 rings (SSSR count). The average molecular weight is 328 g/mol. The summed E-state index contributed by atoms with van der Waals surface area (Å²) in [4.78, 5) is 0. The molecule has 2 aromatic rings. The molecule has 0 spiro atoms. The molecule has 0 aromatic heterocycles. The van der Waals surface area contributed by atoms with E-state index >= 15 is 0 Å². The first-order valence-corrected chi connectivity index (χ1v) is 8.49. The summed E-state index contributed by atoms with van der Waals surface area (Å²) in [6, 6.07) is 11.9. The predicted molar refractivity (Wildman–Crippen MR) is 97.5 cm³/mol. The number of methoxy groups -OCH3 is 1. The van der Waals surface area contributed by atoms with Gasteiger partial charge in [0.25, 0.3) is 0 Å². The molecule has 3 heteroatoms. The van der Waals surface area contributed by atoms with Crippen molar-refractivity contribution in [2.45, 2.75) is 40.2 Å². The largest absolute Gasteiger partial charge is 0.508 e. The van der Waals surface area contributed by atoms with Gasteiger partial charge < -0.3 is 14.9 Å². The molecular weight excluding hydrogens is 300 g/mol. The first-order valence-electron chi connectivity index (χ1n) is 8.49. The van der Waals surface area contributed by atoms with Gasteiger partial charge >= 0.3 is 0 Å². The standard InChI is InChI=1S/C21H28O3/c1-14(9-17-6-8-21(24-4)16(3)11-17)15(2)10-18-5-7-19(13-22)20(23)12-18/h5-8,11-12,14-15,22-23H,9-10,13H2,1-4H3. The predicted octanol–water partition coefficient (Wildman–Crippen LogP) is 4.26. The molecule has 0 heterocycles. The van der Waals surface area contributed by atoms with Crippen LogP contribution in [-0.2, 0) is 19.4 Å². The minimum atomic E-state index is -0.130. The first kappa shape index (κ1) is 18.3. The van der Waals surface area contributed by atoms with E-state index in [1.807, 2.05) is 12.1 Å². The third-order valence-corrected chi connectivity index (χ3v) is 4.87. The van der Waals surface area contributed by atoms with Gasteiger partial charge in [-0.3, -0.25) is 0 Å². The van der Waals surface area contributed by atoms with E-state index in [4.69, 9.17) is 9.84 Å². The van der Waals surface area contributed by atoms with Crippen molar-refractivity contribution >= 4 is 0 Å². The van der Waals surface area contributed by atoms with E-state index in [2.05, 4.69) is 32.9 Å². The number of hydrogen-bond donors (Lipinski definition) is 2. The zero-order valence-corrected chi connectivity index (χ0v) is 15.0. The summed E-state index contributed by atoms with van der Waals surface area (Å²) in [5.74, 6) is 2.13. The number of benzene rings is 2. The Morgan fingerprint density at radius 1 is 0.958 bits per heavy atom. The molecule has 0 aliphatic heterocycles. The Morgan fingerprint density at radius 3 is 2.04 bits per heavy atom. The van der Waals surface area contributed by atoms with Crippen LogP contribution in [0.15, 0.2) is 36.4 Å². The van der Waals surface area contributed by atoms with Crippen molar-refractivity contribution in [1.29, 1.82) is 0 Å². The van der Waals surface area contributed by atoms with Crippen molar-refractivity contribution in [2.75, 3.05) is 7.11 Å². The van der Waals surface area contributed by atoms with Gasteiger partial charge in [0, 0.05) is 5.56 Å². The molecule has 0 fully saturated rings. The summed E-state index contributed by atoms with van der Waals surface area (Å²) in [6.07, 6.45) is 1.93. The molecule has 0 saturated heterocycles. The number of hydrogen-bond acceptors (Lipinski definition) is 3. The fourth-order valence-electron chi connectivity index (χ4n) is 3.08. The molecule has 2 atom stereocenters. The summed E-state index contributed by atoms with van der Waals surface area (Å²) in [6.45, 7) is 6.46. The van der Waals surface area contributed by atoms with Crippen molar-refractivity contribution in [1.82, 2.24) is 0 Å². The van der Waals surface area contributed by atoms with Crippen LogP contribution in [0, 0.1) is 18.8 Å². The van der Waals surface area contributed by atoms with Gasteiger partial charge in [-0.1, -0.05) is 38.1 Å². The summed E-state index contributed by atoms with van der Waals surface area (Å²) >= 11 is 0. The van der Waals surface area contributed by atoms with E-state index in [1.54, 1.807) is 19.2 Å². The highest BCUT2D eigenvalue weighted by molar-refractivity contribution is 5.37. The maximum absolute atomic E-state index is 9.89. The molecule has 0 bridgehead atoms. The Hall–Kier alpha value is -2.00. The van der Waals surface area contributed by atoms with Gasteiger partial charge in [0.15, 0.2) is 0 Å². The molecule has 130 valence electrons. The summed E-state index contributed by atoms with van der Waals surface area (Å²) < 4.78 is 5.32. The second-order valence-corrected chi connectivity index (χ2v) is 6.79. The van der Waals surface area contributed by atoms with Crippen LogP contribution in [0.25, 0.3) is 0 Å². The van der Waals surface area contributed by atoms with E-state index in [1.165, 1.54) is 11.1 Å². The van der Waals surface area contributed by atoms with Gasteiger partial charge in [-0.15, -0.1) is 0 Å². The minimum absolute atomic E-state index is 0.130. The van der Waals surface area contributed by atoms with E-state index in [-0.39, 0.29) is 12.4 Å². The number of phenols is 1. The monoisotopic (exact) mass is 328 g/mol. The third kappa shape index (κ3) is 4.51. The fourth-order valence-corrected chi connectivity index (χ4v) is 3.08. The third-order valence-electron chi connectivity index (χ3n) is 4.87. The van der Waals surface area contributed by atoms with Crippen LogP contribution in [-0.4, -0.2) is 17.3 Å². The van der Waals surface area contributed by atoms with Crippen LogP contribution in [0.5, 0.6) is 11.5 Å². The van der Waals surface area contributed by atoms with Crippen LogP contribution in [0.4, 0.5) is 0 Å². The van der Waals surface area contributed by atoms with Crippen LogP contribution in [0.3, 0.4) is 0 Å². The van der Waals surface area contributed by atoms with Crippen molar-refractivity contribution in [2.24, 2.45) is 11.8 Å². The number of aryl methyl sites for hydroxylation is 1. The van der Waals surface area contributed by atoms with Crippen molar-refractivity contribution < 1.29 is 14.9 Å². The fraction of sp³-hybridized carbons (Fsp3) is 0.429. The minimum Gasteiger partial charge on any atom is -0.508 e. The molecule has 3 nitrogen and oxygen atoms in total. The lowest BCUT2D eigenvalue weighted by Gasteiger charge is -2.21. The molecule has 0 aliphatic carbocycles. The maximum atomic E-state index is 9.89. The van der Waals surface area contributed by atoms with Gasteiger partial charge in [-0.2, -0.15) is 0 Å². The van der Waals surface area contributed by atoms with E-state index in [9.17, 15) is 5.11 Å². The van der Waals surface area contributed by atoms with Gasteiger partial charge in [0.1, 0.15) is 11.5 Å². The number of aromatic hydroxyl groups is 1.